The number of carbonyl (C=O) groups is 3. The summed E-state index contributed by atoms with van der Waals surface area (Å²) in [6.07, 6.45) is 4.03. The lowest BCUT2D eigenvalue weighted by Gasteiger charge is -2.38. The normalized spacial score (nSPS) is 31.2. The van der Waals surface area contributed by atoms with E-state index in [2.05, 4.69) is 10.6 Å². The minimum atomic E-state index is -1.10. The number of rotatable bonds is 6. The van der Waals surface area contributed by atoms with E-state index in [-0.39, 0.29) is 23.8 Å². The smallest absolute Gasteiger partial charge is 0.408 e. The van der Waals surface area contributed by atoms with Crippen molar-refractivity contribution < 1.29 is 19.1 Å². The van der Waals surface area contributed by atoms with E-state index in [1.165, 1.54) is 6.42 Å². The van der Waals surface area contributed by atoms with Gasteiger partial charge in [0.2, 0.25) is 11.8 Å². The Morgan fingerprint density at radius 3 is 2.44 bits per heavy atom. The lowest BCUT2D eigenvalue weighted by Crippen LogP contribution is -2.63. The predicted octanol–water partition coefficient (Wildman–Crippen LogP) is 2.05. The monoisotopic (exact) mass is 379 g/mol. The van der Waals surface area contributed by atoms with Crippen LogP contribution in [0.5, 0.6) is 0 Å². The van der Waals surface area contributed by atoms with E-state index in [1.807, 2.05) is 20.8 Å². The van der Waals surface area contributed by atoms with E-state index in [0.717, 1.165) is 31.1 Å². The number of likely N-dealkylation sites (tertiary alicyclic amines) is 1. The summed E-state index contributed by atoms with van der Waals surface area (Å²) in [5.41, 5.74) is -1.10. The third-order valence-corrected chi connectivity index (χ3v) is 6.60. The van der Waals surface area contributed by atoms with Gasteiger partial charge in [0.25, 0.3) is 0 Å². The van der Waals surface area contributed by atoms with Crippen LogP contribution >= 0.6 is 0 Å². The molecule has 152 valence electrons. The second kappa shape index (κ2) is 7.68. The van der Waals surface area contributed by atoms with Gasteiger partial charge in [-0.15, -0.1) is 0 Å². The highest BCUT2D eigenvalue weighted by molar-refractivity contribution is 5.94. The molecule has 27 heavy (non-hydrogen) atoms. The molecule has 1 aliphatic heterocycles. The highest BCUT2D eigenvalue weighted by Gasteiger charge is 2.49. The Kier molecular flexibility index (Phi) is 5.68. The molecule has 0 spiro atoms. The zero-order chi connectivity index (χ0) is 19.8. The number of fused-ring (bicyclic) bond motifs is 1. The minimum Gasteiger partial charge on any atom is -0.446 e. The first-order valence-corrected chi connectivity index (χ1v) is 10.3. The summed E-state index contributed by atoms with van der Waals surface area (Å²) >= 11 is 0. The van der Waals surface area contributed by atoms with Gasteiger partial charge in [-0.1, -0.05) is 13.8 Å². The fourth-order valence-electron chi connectivity index (χ4n) is 4.47. The number of likely N-dealkylation sites (N-methyl/N-ethyl adjacent to an activating group) is 1. The van der Waals surface area contributed by atoms with Crippen molar-refractivity contribution in [3.05, 3.63) is 0 Å². The zero-order valence-corrected chi connectivity index (χ0v) is 16.9. The topological polar surface area (TPSA) is 87.7 Å². The van der Waals surface area contributed by atoms with Crippen molar-refractivity contribution >= 4 is 17.9 Å². The molecule has 1 saturated heterocycles. The van der Waals surface area contributed by atoms with Crippen LogP contribution in [-0.4, -0.2) is 53.6 Å². The molecule has 0 aromatic heterocycles. The second-order valence-corrected chi connectivity index (χ2v) is 8.79. The molecule has 2 saturated carbocycles. The van der Waals surface area contributed by atoms with Crippen LogP contribution in [0, 0.1) is 17.8 Å². The zero-order valence-electron chi connectivity index (χ0n) is 16.9. The van der Waals surface area contributed by atoms with Crippen molar-refractivity contribution in [3.8, 4) is 0 Å². The Hall–Kier alpha value is -1.79. The van der Waals surface area contributed by atoms with Gasteiger partial charge in [-0.25, -0.2) is 4.79 Å². The van der Waals surface area contributed by atoms with Crippen molar-refractivity contribution in [2.75, 3.05) is 13.1 Å². The number of alkyl carbamates (subject to hydrolysis) is 1. The van der Waals surface area contributed by atoms with Crippen LogP contribution in [0.25, 0.3) is 0 Å². The summed E-state index contributed by atoms with van der Waals surface area (Å²) in [6.45, 7) is 8.47. The SMILES string of the molecule is CCNC(=O)C1CCCN1C(=O)[C@](C)(NC(=O)OC1CC2C[C@H]2C1)C(C)C. The van der Waals surface area contributed by atoms with Crippen LogP contribution in [0.3, 0.4) is 0 Å². The summed E-state index contributed by atoms with van der Waals surface area (Å²) in [5.74, 6) is 0.983. The first-order chi connectivity index (χ1) is 12.8. The molecule has 0 bridgehead atoms. The van der Waals surface area contributed by atoms with Crippen molar-refractivity contribution in [1.82, 2.24) is 15.5 Å². The third-order valence-electron chi connectivity index (χ3n) is 6.60. The van der Waals surface area contributed by atoms with Gasteiger partial charge in [0.1, 0.15) is 17.7 Å². The van der Waals surface area contributed by atoms with Crippen LogP contribution in [0.2, 0.25) is 0 Å². The van der Waals surface area contributed by atoms with E-state index in [1.54, 1.807) is 11.8 Å². The van der Waals surface area contributed by atoms with Gasteiger partial charge in [-0.3, -0.25) is 9.59 Å². The Morgan fingerprint density at radius 1 is 1.19 bits per heavy atom. The van der Waals surface area contributed by atoms with Gasteiger partial charge in [-0.2, -0.15) is 0 Å². The number of ether oxygens (including phenoxy) is 1. The molecule has 3 aliphatic rings. The average molecular weight is 380 g/mol. The summed E-state index contributed by atoms with van der Waals surface area (Å²) in [4.78, 5) is 39.8. The Labute approximate surface area is 161 Å². The van der Waals surface area contributed by atoms with Crippen LogP contribution in [0.4, 0.5) is 4.79 Å². The molecule has 3 unspecified atom stereocenters. The molecule has 5 atom stereocenters. The Bertz CT molecular complexity index is 598. The maximum absolute atomic E-state index is 13.3. The number of amides is 3. The van der Waals surface area contributed by atoms with Crippen LogP contribution < -0.4 is 10.6 Å². The maximum Gasteiger partial charge on any atom is 0.408 e. The number of carbonyl (C=O) groups excluding carboxylic acids is 3. The summed E-state index contributed by atoms with van der Waals surface area (Å²) in [7, 11) is 0. The Balaban J connectivity index is 1.65. The fourth-order valence-corrected chi connectivity index (χ4v) is 4.47. The van der Waals surface area contributed by atoms with Gasteiger partial charge >= 0.3 is 6.09 Å². The maximum atomic E-state index is 13.3. The molecule has 1 heterocycles. The third kappa shape index (κ3) is 4.06. The summed E-state index contributed by atoms with van der Waals surface area (Å²) in [5, 5.41) is 5.64. The Morgan fingerprint density at radius 2 is 1.85 bits per heavy atom. The standard InChI is InChI=1S/C20H33N3O4/c1-5-21-17(24)16-7-6-8-23(16)18(25)20(4,12(2)3)22-19(26)27-15-10-13-9-14(13)11-15/h12-16H,5-11H2,1-4H3,(H,21,24)(H,22,26)/t13-,14?,15?,16?,20+/m0/s1. The number of hydrogen-bond donors (Lipinski definition) is 2. The fraction of sp³-hybridized carbons (Fsp3) is 0.850. The van der Waals surface area contributed by atoms with Crippen molar-refractivity contribution in [2.45, 2.75) is 77.5 Å². The largest absolute Gasteiger partial charge is 0.446 e. The molecule has 2 aliphatic carbocycles. The van der Waals surface area contributed by atoms with E-state index in [9.17, 15) is 14.4 Å². The van der Waals surface area contributed by atoms with E-state index in [4.69, 9.17) is 4.74 Å². The van der Waals surface area contributed by atoms with Crippen LogP contribution in [0.1, 0.15) is 59.8 Å². The van der Waals surface area contributed by atoms with Gasteiger partial charge in [0.05, 0.1) is 0 Å². The lowest BCUT2D eigenvalue weighted by molar-refractivity contribution is -0.144. The summed E-state index contributed by atoms with van der Waals surface area (Å²) in [6, 6.07) is -0.463. The predicted molar refractivity (Wildman–Crippen MR) is 101 cm³/mol. The van der Waals surface area contributed by atoms with Crippen LogP contribution in [0.15, 0.2) is 0 Å². The summed E-state index contributed by atoms with van der Waals surface area (Å²) < 4.78 is 5.58. The lowest BCUT2D eigenvalue weighted by atomic mass is 9.86. The van der Waals surface area contributed by atoms with Gasteiger partial charge in [0.15, 0.2) is 0 Å². The molecule has 7 heteroatoms. The second-order valence-electron chi connectivity index (χ2n) is 8.79. The highest BCUT2D eigenvalue weighted by atomic mass is 16.6. The quantitative estimate of drug-likeness (QED) is 0.739. The van der Waals surface area contributed by atoms with E-state index < -0.39 is 17.7 Å². The van der Waals surface area contributed by atoms with Crippen molar-refractivity contribution in [1.29, 1.82) is 0 Å². The molecule has 7 nitrogen and oxygen atoms in total. The van der Waals surface area contributed by atoms with Gasteiger partial charge < -0.3 is 20.3 Å². The first-order valence-electron chi connectivity index (χ1n) is 10.3. The molecular weight excluding hydrogens is 346 g/mol. The molecule has 3 amide bonds. The highest BCUT2D eigenvalue weighted by Crippen LogP contribution is 2.52. The van der Waals surface area contributed by atoms with E-state index in [0.29, 0.717) is 19.5 Å². The molecule has 3 fully saturated rings. The van der Waals surface area contributed by atoms with Crippen molar-refractivity contribution in [3.63, 3.8) is 0 Å². The minimum absolute atomic E-state index is 0.0323. The molecule has 2 N–H and O–H groups in total. The van der Waals surface area contributed by atoms with Gasteiger partial charge in [0, 0.05) is 13.1 Å². The molecular formula is C20H33N3O4. The number of nitrogens with zero attached hydrogens (tertiary/aromatic N) is 1. The molecule has 0 radical (unpaired) electrons. The molecule has 3 rings (SSSR count). The van der Waals surface area contributed by atoms with Crippen molar-refractivity contribution in [2.24, 2.45) is 17.8 Å². The number of nitrogens with one attached hydrogen (secondary N) is 2. The van der Waals surface area contributed by atoms with Crippen LogP contribution in [-0.2, 0) is 14.3 Å². The number of hydrogen-bond acceptors (Lipinski definition) is 4. The first kappa shape index (κ1) is 20.0. The van der Waals surface area contributed by atoms with Gasteiger partial charge in [-0.05, 0) is 63.7 Å². The average Bonchev–Trinajstić information content (AvgIpc) is 3.00. The molecule has 0 aromatic rings. The molecule has 0 aromatic carbocycles. The van der Waals surface area contributed by atoms with E-state index >= 15 is 0 Å².